The van der Waals surface area contributed by atoms with Gasteiger partial charge in [-0.1, -0.05) is 62.6 Å². The van der Waals surface area contributed by atoms with Crippen LogP contribution in [0, 0.1) is 5.92 Å². The first-order chi connectivity index (χ1) is 21.4. The molecule has 6 nitrogen and oxygen atoms in total. The predicted octanol–water partition coefficient (Wildman–Crippen LogP) is 6.45. The normalized spacial score (nSPS) is 30.2. The molecular weight excluding hydrogens is 548 g/mol. The molecule has 6 heteroatoms. The van der Waals surface area contributed by atoms with Crippen molar-refractivity contribution in [2.24, 2.45) is 5.92 Å². The van der Waals surface area contributed by atoms with E-state index in [1.54, 1.807) is 0 Å². The van der Waals surface area contributed by atoms with Crippen LogP contribution in [0.1, 0.15) is 101 Å². The molecule has 0 unspecified atom stereocenters. The first-order valence-electron chi connectivity index (χ1n) is 17.7. The van der Waals surface area contributed by atoms with Crippen molar-refractivity contribution in [1.29, 1.82) is 0 Å². The highest BCUT2D eigenvalue weighted by molar-refractivity contribution is 5.72. The molecule has 7 rings (SSSR count). The zero-order valence-corrected chi connectivity index (χ0v) is 26.9. The minimum Gasteiger partial charge on any atom is -0.483 e. The summed E-state index contributed by atoms with van der Waals surface area (Å²) in [6.45, 7) is 7.99. The van der Waals surface area contributed by atoms with E-state index in [0.29, 0.717) is 5.75 Å². The third kappa shape index (κ3) is 5.29. The van der Waals surface area contributed by atoms with Crippen LogP contribution in [-0.2, 0) is 23.1 Å². The van der Waals surface area contributed by atoms with E-state index in [9.17, 15) is 9.90 Å². The Balaban J connectivity index is 1.14. The molecule has 1 saturated heterocycles. The molecule has 0 amide bonds. The maximum absolute atomic E-state index is 13.0. The van der Waals surface area contributed by atoms with Gasteiger partial charge in [0.2, 0.25) is 0 Å². The number of esters is 1. The second kappa shape index (κ2) is 12.4. The molecule has 238 valence electrons. The zero-order chi connectivity index (χ0) is 30.3. The van der Waals surface area contributed by atoms with E-state index in [0.717, 1.165) is 75.5 Å². The van der Waals surface area contributed by atoms with Gasteiger partial charge in [-0.15, -0.1) is 0 Å². The van der Waals surface area contributed by atoms with Gasteiger partial charge < -0.3 is 14.6 Å². The molecule has 2 aromatic carbocycles. The molecule has 1 N–H and O–H groups in total. The number of benzene rings is 2. The van der Waals surface area contributed by atoms with Crippen molar-refractivity contribution in [2.75, 3.05) is 26.2 Å². The Morgan fingerprint density at radius 3 is 2.59 bits per heavy atom. The van der Waals surface area contributed by atoms with Gasteiger partial charge in [-0.05, 0) is 107 Å². The lowest BCUT2D eigenvalue weighted by Crippen LogP contribution is -2.78. The van der Waals surface area contributed by atoms with E-state index >= 15 is 0 Å². The second-order valence-electron chi connectivity index (χ2n) is 14.5. The van der Waals surface area contributed by atoms with Crippen molar-refractivity contribution >= 4 is 5.97 Å². The van der Waals surface area contributed by atoms with Crippen LogP contribution in [-0.4, -0.2) is 70.8 Å². The highest BCUT2D eigenvalue weighted by Gasteiger charge is 2.73. The lowest BCUT2D eigenvalue weighted by atomic mass is 9.48. The number of hydrogen-bond donors (Lipinski definition) is 1. The fraction of sp³-hybridized carbons (Fsp3) is 0.658. The lowest BCUT2D eigenvalue weighted by molar-refractivity contribution is -0.200. The summed E-state index contributed by atoms with van der Waals surface area (Å²) in [5.74, 6) is 1.73. The molecule has 0 radical (unpaired) electrons. The van der Waals surface area contributed by atoms with Crippen LogP contribution in [0.4, 0.5) is 0 Å². The number of aryl methyl sites for hydroxylation is 1. The molecule has 2 bridgehead atoms. The van der Waals surface area contributed by atoms with Crippen molar-refractivity contribution in [3.05, 3.63) is 59.2 Å². The monoisotopic (exact) mass is 600 g/mol. The number of ether oxygens (including phenoxy) is 2. The predicted molar refractivity (Wildman–Crippen MR) is 173 cm³/mol. The SMILES string of the molecule is CCCCN(CCCCCCc1ccccc1)[C@H]1CC[C@@]2(O)[C@H]3Cc4ccc(OC(C)=O)c5c4[C@@]2(CCN3CC2CC2)[C@H]1O5. The third-order valence-electron chi connectivity index (χ3n) is 11.7. The summed E-state index contributed by atoms with van der Waals surface area (Å²) in [6.07, 6.45) is 14.4. The van der Waals surface area contributed by atoms with Gasteiger partial charge >= 0.3 is 5.97 Å². The molecule has 5 aliphatic rings. The number of unbranched alkanes of at least 4 members (excludes halogenated alkanes) is 4. The van der Waals surface area contributed by atoms with Crippen LogP contribution in [0.2, 0.25) is 0 Å². The smallest absolute Gasteiger partial charge is 0.308 e. The van der Waals surface area contributed by atoms with Crippen LogP contribution >= 0.6 is 0 Å². The van der Waals surface area contributed by atoms with Crippen molar-refractivity contribution in [1.82, 2.24) is 9.80 Å². The largest absolute Gasteiger partial charge is 0.483 e. The summed E-state index contributed by atoms with van der Waals surface area (Å²) < 4.78 is 12.8. The standard InChI is InChI=1S/C38H52N2O4/c1-3-4-22-39(23-11-6-5-8-12-28-13-9-7-10-14-28)31-19-20-38(42)33-25-30-17-18-32(43-27(2)41)35-34(30)37(38,36(31)44-35)21-24-40(33)26-29-15-16-29/h7,9-10,13-14,17-18,29,31,33,36,42H,3-6,8,11-12,15-16,19-26H2,1-2H3/t31-,33+,36-,37-,38+/m0/s1. The number of hydrogen-bond acceptors (Lipinski definition) is 6. The molecule has 1 spiro atoms. The molecular formula is C38H52N2O4. The van der Waals surface area contributed by atoms with Gasteiger partial charge in [0.15, 0.2) is 11.5 Å². The Bertz CT molecular complexity index is 1330. The van der Waals surface area contributed by atoms with E-state index in [1.807, 2.05) is 6.07 Å². The highest BCUT2D eigenvalue weighted by atomic mass is 16.6. The molecule has 2 saturated carbocycles. The van der Waals surface area contributed by atoms with E-state index in [-0.39, 0.29) is 24.2 Å². The maximum Gasteiger partial charge on any atom is 0.308 e. The number of piperidine rings is 1. The van der Waals surface area contributed by atoms with Crippen LogP contribution in [0.3, 0.4) is 0 Å². The number of rotatable bonds is 14. The summed E-state index contributed by atoms with van der Waals surface area (Å²) in [4.78, 5) is 17.5. The first-order valence-corrected chi connectivity index (χ1v) is 17.7. The van der Waals surface area contributed by atoms with Crippen molar-refractivity contribution in [2.45, 2.75) is 127 Å². The quantitative estimate of drug-likeness (QED) is 0.153. The summed E-state index contributed by atoms with van der Waals surface area (Å²) in [7, 11) is 0. The van der Waals surface area contributed by atoms with E-state index in [1.165, 1.54) is 69.4 Å². The summed E-state index contributed by atoms with van der Waals surface area (Å²) >= 11 is 0. The molecule has 44 heavy (non-hydrogen) atoms. The summed E-state index contributed by atoms with van der Waals surface area (Å²) in [5.41, 5.74) is 2.59. The third-order valence-corrected chi connectivity index (χ3v) is 11.7. The van der Waals surface area contributed by atoms with Crippen molar-refractivity contribution in [3.8, 4) is 11.5 Å². The van der Waals surface area contributed by atoms with Crippen molar-refractivity contribution in [3.63, 3.8) is 0 Å². The van der Waals surface area contributed by atoms with Gasteiger partial charge in [-0.3, -0.25) is 14.6 Å². The Hall–Kier alpha value is -2.41. The molecule has 2 aromatic rings. The van der Waals surface area contributed by atoms with Crippen LogP contribution in [0.15, 0.2) is 42.5 Å². The van der Waals surface area contributed by atoms with Crippen LogP contribution < -0.4 is 9.47 Å². The molecule has 0 aromatic heterocycles. The topological polar surface area (TPSA) is 62.2 Å². The Kier molecular flexibility index (Phi) is 8.54. The first kappa shape index (κ1) is 30.3. The fourth-order valence-electron chi connectivity index (χ4n) is 9.50. The van der Waals surface area contributed by atoms with Gasteiger partial charge in [-0.25, -0.2) is 0 Å². The van der Waals surface area contributed by atoms with Gasteiger partial charge in [0.25, 0.3) is 0 Å². The van der Waals surface area contributed by atoms with Gasteiger partial charge in [-0.2, -0.15) is 0 Å². The van der Waals surface area contributed by atoms with E-state index in [2.05, 4.69) is 53.1 Å². The second-order valence-corrected chi connectivity index (χ2v) is 14.5. The van der Waals surface area contributed by atoms with Crippen molar-refractivity contribution < 1.29 is 19.4 Å². The molecule has 3 fully saturated rings. The average Bonchev–Trinajstić information content (AvgIpc) is 3.76. The number of aliphatic hydroxyl groups is 1. The number of nitrogens with zero attached hydrogens (tertiary/aromatic N) is 2. The highest BCUT2D eigenvalue weighted by Crippen LogP contribution is 2.66. The molecule has 2 heterocycles. The maximum atomic E-state index is 13.0. The Labute approximate surface area is 264 Å². The summed E-state index contributed by atoms with van der Waals surface area (Å²) in [5, 5.41) is 13.0. The average molecular weight is 601 g/mol. The molecule has 3 aliphatic carbocycles. The molecule has 5 atom stereocenters. The van der Waals surface area contributed by atoms with E-state index in [4.69, 9.17) is 9.47 Å². The fourth-order valence-corrected chi connectivity index (χ4v) is 9.50. The van der Waals surface area contributed by atoms with Gasteiger partial charge in [0.1, 0.15) is 6.10 Å². The van der Waals surface area contributed by atoms with Crippen LogP contribution in [0.5, 0.6) is 11.5 Å². The van der Waals surface area contributed by atoms with Gasteiger partial charge in [0.05, 0.1) is 11.0 Å². The Morgan fingerprint density at radius 1 is 1.02 bits per heavy atom. The lowest BCUT2D eigenvalue weighted by Gasteiger charge is -2.65. The number of carbonyl (C=O) groups is 1. The zero-order valence-electron chi connectivity index (χ0n) is 26.9. The molecule has 2 aliphatic heterocycles. The summed E-state index contributed by atoms with van der Waals surface area (Å²) in [6, 6.07) is 15.3. The van der Waals surface area contributed by atoms with Gasteiger partial charge in [0, 0.05) is 31.1 Å². The Morgan fingerprint density at radius 2 is 1.82 bits per heavy atom. The number of likely N-dealkylation sites (tertiary alicyclic amines) is 1. The van der Waals surface area contributed by atoms with Crippen LogP contribution in [0.25, 0.3) is 0 Å². The van der Waals surface area contributed by atoms with E-state index < -0.39 is 11.0 Å². The minimum atomic E-state index is -0.831. The number of carbonyl (C=O) groups excluding carboxylic acids is 1. The minimum absolute atomic E-state index is 0.121.